The van der Waals surface area contributed by atoms with E-state index in [1.807, 2.05) is 24.0 Å². The summed E-state index contributed by atoms with van der Waals surface area (Å²) < 4.78 is 8.10. The molecule has 1 saturated heterocycles. The zero-order valence-corrected chi connectivity index (χ0v) is 17.1. The number of piperazine rings is 1. The third-order valence-electron chi connectivity index (χ3n) is 4.79. The van der Waals surface area contributed by atoms with Gasteiger partial charge in [0.25, 0.3) is 5.91 Å². The van der Waals surface area contributed by atoms with Crippen molar-refractivity contribution < 1.29 is 9.53 Å². The highest BCUT2D eigenvalue weighted by Gasteiger charge is 2.23. The van der Waals surface area contributed by atoms with E-state index in [2.05, 4.69) is 43.6 Å². The van der Waals surface area contributed by atoms with Gasteiger partial charge in [0, 0.05) is 42.9 Å². The number of nitrogens with zero attached hydrogens (tertiary/aromatic N) is 4. The predicted octanol–water partition coefficient (Wildman–Crippen LogP) is 2.73. The maximum atomic E-state index is 12.8. The smallest absolute Gasteiger partial charge is 0.255 e. The minimum atomic E-state index is 0.0500. The lowest BCUT2D eigenvalue weighted by Gasteiger charge is -2.35. The molecule has 2 heterocycles. The zero-order chi connectivity index (χ0) is 18.7. The second-order valence-corrected chi connectivity index (χ2v) is 7.48. The molecule has 0 N–H and O–H groups in total. The first-order chi connectivity index (χ1) is 12.5. The molecule has 2 aromatic rings. The molecule has 7 heteroatoms. The molecule has 3 rings (SSSR count). The van der Waals surface area contributed by atoms with Gasteiger partial charge in [-0.15, -0.1) is 0 Å². The van der Waals surface area contributed by atoms with Gasteiger partial charge in [-0.2, -0.15) is 5.10 Å². The number of methoxy groups -OCH3 is 1. The maximum Gasteiger partial charge on any atom is 0.255 e. The van der Waals surface area contributed by atoms with E-state index in [0.29, 0.717) is 11.3 Å². The van der Waals surface area contributed by atoms with Gasteiger partial charge in [-0.25, -0.2) is 0 Å². The first kappa shape index (κ1) is 18.9. The van der Waals surface area contributed by atoms with Crippen molar-refractivity contribution in [2.24, 2.45) is 0 Å². The molecule has 0 bridgehead atoms. The van der Waals surface area contributed by atoms with E-state index in [1.54, 1.807) is 13.2 Å². The van der Waals surface area contributed by atoms with E-state index in [4.69, 9.17) is 4.74 Å². The van der Waals surface area contributed by atoms with Crippen molar-refractivity contribution in [1.29, 1.82) is 0 Å². The van der Waals surface area contributed by atoms with E-state index in [-0.39, 0.29) is 5.91 Å². The van der Waals surface area contributed by atoms with Gasteiger partial charge in [-0.1, -0.05) is 0 Å². The minimum Gasteiger partial charge on any atom is -0.497 e. The molecule has 1 fully saturated rings. The summed E-state index contributed by atoms with van der Waals surface area (Å²) in [5.41, 5.74) is 2.90. The Balaban J connectivity index is 1.55. The summed E-state index contributed by atoms with van der Waals surface area (Å²) in [5.74, 6) is 0.744. The molecule has 0 aliphatic carbocycles. The largest absolute Gasteiger partial charge is 0.497 e. The standard InChI is InChI=1S/C19H25BrN4O2/c1-14-12-15(2)24(21-14)11-8-22-6-9-23(10-7-22)19(25)17-13-16(26-3)4-5-18(17)20/h4-5,12-13H,6-11H2,1-3H3. The van der Waals surface area contributed by atoms with Gasteiger partial charge in [-0.3, -0.25) is 14.4 Å². The Hall–Kier alpha value is -1.86. The van der Waals surface area contributed by atoms with Crippen molar-refractivity contribution in [1.82, 2.24) is 19.6 Å². The highest BCUT2D eigenvalue weighted by Crippen LogP contribution is 2.24. The van der Waals surface area contributed by atoms with Gasteiger partial charge >= 0.3 is 0 Å². The normalized spacial score (nSPS) is 15.3. The van der Waals surface area contributed by atoms with Crippen molar-refractivity contribution in [2.45, 2.75) is 20.4 Å². The molecule has 26 heavy (non-hydrogen) atoms. The number of aromatic nitrogens is 2. The minimum absolute atomic E-state index is 0.0500. The number of aryl methyl sites for hydroxylation is 2. The number of hydrogen-bond acceptors (Lipinski definition) is 4. The Morgan fingerprint density at radius 2 is 1.88 bits per heavy atom. The van der Waals surface area contributed by atoms with E-state index >= 15 is 0 Å². The van der Waals surface area contributed by atoms with E-state index in [9.17, 15) is 4.79 Å². The van der Waals surface area contributed by atoms with E-state index in [0.717, 1.165) is 49.4 Å². The summed E-state index contributed by atoms with van der Waals surface area (Å²) in [6, 6.07) is 7.60. The molecule has 1 aromatic carbocycles. The molecule has 0 saturated carbocycles. The van der Waals surface area contributed by atoms with Crippen LogP contribution < -0.4 is 4.74 Å². The molecule has 1 aliphatic rings. The predicted molar refractivity (Wildman–Crippen MR) is 105 cm³/mol. The molecular formula is C19H25BrN4O2. The number of rotatable bonds is 5. The highest BCUT2D eigenvalue weighted by atomic mass is 79.9. The van der Waals surface area contributed by atoms with Gasteiger partial charge in [0.1, 0.15) is 5.75 Å². The van der Waals surface area contributed by atoms with E-state index < -0.39 is 0 Å². The summed E-state index contributed by atoms with van der Waals surface area (Å²) in [4.78, 5) is 17.1. The lowest BCUT2D eigenvalue weighted by molar-refractivity contribution is 0.0630. The van der Waals surface area contributed by atoms with Crippen LogP contribution in [0, 0.1) is 13.8 Å². The first-order valence-electron chi connectivity index (χ1n) is 8.84. The maximum absolute atomic E-state index is 12.8. The van der Waals surface area contributed by atoms with Crippen LogP contribution in [0.25, 0.3) is 0 Å². The quantitative estimate of drug-likeness (QED) is 0.745. The number of carbonyl (C=O) groups is 1. The molecule has 1 aliphatic heterocycles. The zero-order valence-electron chi connectivity index (χ0n) is 15.5. The van der Waals surface area contributed by atoms with Crippen molar-refractivity contribution in [3.8, 4) is 5.75 Å². The molecule has 0 unspecified atom stereocenters. The van der Waals surface area contributed by atoms with Gasteiger partial charge in [0.15, 0.2) is 0 Å². The Morgan fingerprint density at radius 1 is 1.15 bits per heavy atom. The van der Waals surface area contributed by atoms with Crippen LogP contribution in [0.4, 0.5) is 0 Å². The van der Waals surface area contributed by atoms with E-state index in [1.165, 1.54) is 5.69 Å². The number of halogens is 1. The average Bonchev–Trinajstić information content (AvgIpc) is 2.97. The molecule has 0 radical (unpaired) electrons. The van der Waals surface area contributed by atoms with Crippen LogP contribution >= 0.6 is 15.9 Å². The Morgan fingerprint density at radius 3 is 2.50 bits per heavy atom. The van der Waals surface area contributed by atoms with Gasteiger partial charge in [-0.05, 0) is 54.0 Å². The summed E-state index contributed by atoms with van der Waals surface area (Å²) in [6.45, 7) is 9.17. The SMILES string of the molecule is COc1ccc(Br)c(C(=O)N2CCN(CCn3nc(C)cc3C)CC2)c1. The monoisotopic (exact) mass is 420 g/mol. The van der Waals surface area contributed by atoms with Gasteiger partial charge in [0.05, 0.1) is 24.9 Å². The number of amides is 1. The average molecular weight is 421 g/mol. The Bertz CT molecular complexity index is 782. The molecule has 0 atom stereocenters. The number of ether oxygens (including phenoxy) is 1. The van der Waals surface area contributed by atoms with Crippen LogP contribution in [0.15, 0.2) is 28.7 Å². The Labute approximate surface area is 162 Å². The fourth-order valence-corrected chi connectivity index (χ4v) is 3.69. The number of hydrogen-bond donors (Lipinski definition) is 0. The second kappa shape index (κ2) is 8.22. The fourth-order valence-electron chi connectivity index (χ4n) is 3.28. The van der Waals surface area contributed by atoms with Gasteiger partial charge < -0.3 is 9.64 Å². The molecule has 6 nitrogen and oxygen atoms in total. The summed E-state index contributed by atoms with van der Waals surface area (Å²) in [5, 5.41) is 4.51. The number of carbonyl (C=O) groups excluding carboxylic acids is 1. The van der Waals surface area contributed by atoms with Crippen molar-refractivity contribution in [2.75, 3.05) is 39.8 Å². The van der Waals surface area contributed by atoms with Crippen LogP contribution in [0.3, 0.4) is 0 Å². The highest BCUT2D eigenvalue weighted by molar-refractivity contribution is 9.10. The first-order valence-corrected chi connectivity index (χ1v) is 9.63. The second-order valence-electron chi connectivity index (χ2n) is 6.63. The van der Waals surface area contributed by atoms with Crippen LogP contribution in [-0.2, 0) is 6.54 Å². The molecule has 0 spiro atoms. The van der Waals surface area contributed by atoms with Crippen molar-refractivity contribution >= 4 is 21.8 Å². The summed E-state index contributed by atoms with van der Waals surface area (Å²) in [6.07, 6.45) is 0. The van der Waals surface area contributed by atoms with Crippen LogP contribution in [0.1, 0.15) is 21.7 Å². The van der Waals surface area contributed by atoms with Crippen molar-refractivity contribution in [3.05, 3.63) is 45.7 Å². The molecular weight excluding hydrogens is 396 g/mol. The Kier molecular flexibility index (Phi) is 5.98. The van der Waals surface area contributed by atoms with Crippen LogP contribution in [0.5, 0.6) is 5.75 Å². The lowest BCUT2D eigenvalue weighted by Crippen LogP contribution is -2.49. The number of benzene rings is 1. The third-order valence-corrected chi connectivity index (χ3v) is 5.49. The van der Waals surface area contributed by atoms with Crippen LogP contribution in [-0.4, -0.2) is 65.3 Å². The molecule has 1 amide bonds. The topological polar surface area (TPSA) is 50.6 Å². The molecule has 140 valence electrons. The van der Waals surface area contributed by atoms with Crippen LogP contribution in [0.2, 0.25) is 0 Å². The lowest BCUT2D eigenvalue weighted by atomic mass is 10.1. The van der Waals surface area contributed by atoms with Crippen molar-refractivity contribution in [3.63, 3.8) is 0 Å². The van der Waals surface area contributed by atoms with Gasteiger partial charge in [0.2, 0.25) is 0 Å². The summed E-state index contributed by atoms with van der Waals surface area (Å²) >= 11 is 3.48. The fraction of sp³-hybridized carbons (Fsp3) is 0.474. The molecule has 1 aromatic heterocycles. The third kappa shape index (κ3) is 4.27. The summed E-state index contributed by atoms with van der Waals surface area (Å²) in [7, 11) is 1.61.